The highest BCUT2D eigenvalue weighted by molar-refractivity contribution is 14.0. The van der Waals surface area contributed by atoms with Gasteiger partial charge in [-0.1, -0.05) is 13.8 Å². The van der Waals surface area contributed by atoms with Crippen LogP contribution in [-0.4, -0.2) is 81.4 Å². The van der Waals surface area contributed by atoms with Crippen LogP contribution in [-0.2, 0) is 14.3 Å². The first-order valence-electron chi connectivity index (χ1n) is 9.71. The Morgan fingerprint density at radius 2 is 1.66 bits per heavy atom. The zero-order valence-electron chi connectivity index (χ0n) is 19.2. The lowest BCUT2D eigenvalue weighted by atomic mass is 9.93. The smallest absolute Gasteiger partial charge is 0.408 e. The third-order valence-electron chi connectivity index (χ3n) is 4.18. The number of ether oxygens (including phenoxy) is 2. The average Bonchev–Trinajstić information content (AvgIpc) is 2.60. The van der Waals surface area contributed by atoms with E-state index < -0.39 is 17.2 Å². The average molecular weight is 529 g/mol. The van der Waals surface area contributed by atoms with Crippen molar-refractivity contribution >= 4 is 41.9 Å². The number of halogens is 1. The Morgan fingerprint density at radius 3 is 2.10 bits per heavy atom. The molecule has 0 rings (SSSR count). The maximum atomic E-state index is 12.3. The van der Waals surface area contributed by atoms with Crippen LogP contribution in [0.4, 0.5) is 4.79 Å². The summed E-state index contributed by atoms with van der Waals surface area (Å²) < 4.78 is 10.4. The van der Waals surface area contributed by atoms with Gasteiger partial charge in [0.2, 0.25) is 5.91 Å². The van der Waals surface area contributed by atoms with Crippen LogP contribution in [0.25, 0.3) is 0 Å². The number of carbonyl (C=O) groups is 2. The number of hydrogen-bond acceptors (Lipinski definition) is 5. The molecule has 0 radical (unpaired) electrons. The molecule has 3 N–H and O–H groups in total. The second-order valence-electron chi connectivity index (χ2n) is 7.84. The summed E-state index contributed by atoms with van der Waals surface area (Å²) in [4.78, 5) is 29.9. The van der Waals surface area contributed by atoms with Gasteiger partial charge in [0.1, 0.15) is 12.1 Å². The largest absolute Gasteiger partial charge is 0.444 e. The highest BCUT2D eigenvalue weighted by atomic mass is 127. The van der Waals surface area contributed by atoms with Crippen molar-refractivity contribution in [3.63, 3.8) is 0 Å². The molecule has 0 aromatic heterocycles. The van der Waals surface area contributed by atoms with Gasteiger partial charge in [0.05, 0.1) is 12.1 Å². The summed E-state index contributed by atoms with van der Waals surface area (Å²) in [5.74, 6) is 0.390. The third-order valence-corrected chi connectivity index (χ3v) is 4.18. The second kappa shape index (κ2) is 14.6. The van der Waals surface area contributed by atoms with Crippen molar-refractivity contribution in [2.24, 2.45) is 4.99 Å². The zero-order chi connectivity index (χ0) is 21.8. The van der Waals surface area contributed by atoms with Gasteiger partial charge in [0.15, 0.2) is 5.96 Å². The molecule has 10 heteroatoms. The maximum Gasteiger partial charge on any atom is 0.408 e. The fourth-order valence-electron chi connectivity index (χ4n) is 2.23. The van der Waals surface area contributed by atoms with E-state index in [0.717, 1.165) is 0 Å². The van der Waals surface area contributed by atoms with Crippen molar-refractivity contribution in [1.29, 1.82) is 0 Å². The van der Waals surface area contributed by atoms with Gasteiger partial charge >= 0.3 is 6.09 Å². The van der Waals surface area contributed by atoms with Gasteiger partial charge in [-0.25, -0.2) is 9.79 Å². The second-order valence-corrected chi connectivity index (χ2v) is 7.84. The number of nitrogens with zero attached hydrogens (tertiary/aromatic N) is 2. The molecule has 0 bridgehead atoms. The van der Waals surface area contributed by atoms with Gasteiger partial charge in [-0.2, -0.15) is 0 Å². The fraction of sp³-hybridized carbons (Fsp3) is 0.842. The van der Waals surface area contributed by atoms with Crippen LogP contribution in [0.3, 0.4) is 0 Å². The Hall–Kier alpha value is -1.30. The summed E-state index contributed by atoms with van der Waals surface area (Å²) >= 11 is 0. The van der Waals surface area contributed by atoms with Crippen LogP contribution in [0.2, 0.25) is 0 Å². The molecular weight excluding hydrogens is 489 g/mol. The fourth-order valence-corrected chi connectivity index (χ4v) is 2.23. The number of likely N-dealkylation sites (N-methyl/N-ethyl adjacent to an activating group) is 1. The quantitative estimate of drug-likeness (QED) is 0.173. The van der Waals surface area contributed by atoms with E-state index in [-0.39, 0.29) is 36.4 Å². The summed E-state index contributed by atoms with van der Waals surface area (Å²) in [6, 6.07) is 0. The predicted molar refractivity (Wildman–Crippen MR) is 127 cm³/mol. The number of rotatable bonds is 10. The SMILES string of the molecule is CCC(CC)(CNC(=NCC(=O)N(C)C)NCCOC)NC(=O)OC(C)(C)C.I. The Bertz CT molecular complexity index is 517. The van der Waals surface area contributed by atoms with Crippen molar-refractivity contribution in [2.75, 3.05) is 47.4 Å². The van der Waals surface area contributed by atoms with Gasteiger partial charge in [-0.3, -0.25) is 4.79 Å². The van der Waals surface area contributed by atoms with E-state index in [9.17, 15) is 9.59 Å². The minimum atomic E-state index is -0.564. The topological polar surface area (TPSA) is 104 Å². The number of aliphatic imine (C=N–C) groups is 1. The lowest BCUT2D eigenvalue weighted by molar-refractivity contribution is -0.127. The van der Waals surface area contributed by atoms with E-state index in [1.165, 1.54) is 4.90 Å². The molecule has 0 unspecified atom stereocenters. The van der Waals surface area contributed by atoms with E-state index >= 15 is 0 Å². The molecule has 2 amide bonds. The van der Waals surface area contributed by atoms with E-state index in [1.807, 2.05) is 34.6 Å². The lowest BCUT2D eigenvalue weighted by Crippen LogP contribution is -2.57. The van der Waals surface area contributed by atoms with E-state index in [4.69, 9.17) is 9.47 Å². The van der Waals surface area contributed by atoms with E-state index in [1.54, 1.807) is 21.2 Å². The van der Waals surface area contributed by atoms with Crippen LogP contribution in [0.5, 0.6) is 0 Å². The molecule has 0 atom stereocenters. The number of alkyl carbamates (subject to hydrolysis) is 1. The summed E-state index contributed by atoms with van der Waals surface area (Å²) in [5.41, 5.74) is -1.07. The Kier molecular flexibility index (Phi) is 15.1. The molecule has 0 aliphatic heterocycles. The minimum Gasteiger partial charge on any atom is -0.444 e. The van der Waals surface area contributed by atoms with Crippen molar-refractivity contribution in [2.45, 2.75) is 58.6 Å². The van der Waals surface area contributed by atoms with Crippen molar-refractivity contribution < 1.29 is 19.1 Å². The number of carbonyl (C=O) groups excluding carboxylic acids is 2. The Morgan fingerprint density at radius 1 is 1.07 bits per heavy atom. The molecular formula is C19H40IN5O4. The van der Waals surface area contributed by atoms with Crippen LogP contribution >= 0.6 is 24.0 Å². The summed E-state index contributed by atoms with van der Waals surface area (Å²) in [5, 5.41) is 9.34. The molecule has 0 saturated carbocycles. The molecule has 0 aromatic carbocycles. The maximum absolute atomic E-state index is 12.3. The highest BCUT2D eigenvalue weighted by Gasteiger charge is 2.30. The first-order chi connectivity index (χ1) is 13.0. The normalized spacial score (nSPS) is 11.9. The highest BCUT2D eigenvalue weighted by Crippen LogP contribution is 2.16. The zero-order valence-corrected chi connectivity index (χ0v) is 21.5. The number of guanidine groups is 1. The van der Waals surface area contributed by atoms with Crippen molar-refractivity contribution in [1.82, 2.24) is 20.9 Å². The number of nitrogens with one attached hydrogen (secondary N) is 3. The van der Waals surface area contributed by atoms with Gasteiger partial charge in [-0.15, -0.1) is 24.0 Å². The molecule has 29 heavy (non-hydrogen) atoms. The summed E-state index contributed by atoms with van der Waals surface area (Å²) in [6.45, 7) is 11.0. The Balaban J connectivity index is 0. The molecule has 0 aliphatic carbocycles. The van der Waals surface area contributed by atoms with Crippen LogP contribution in [0, 0.1) is 0 Å². The van der Waals surface area contributed by atoms with E-state index in [0.29, 0.717) is 38.5 Å². The predicted octanol–water partition coefficient (Wildman–Crippen LogP) is 1.96. The molecule has 172 valence electrons. The van der Waals surface area contributed by atoms with Gasteiger partial charge in [0, 0.05) is 34.3 Å². The molecule has 0 fully saturated rings. The first-order valence-corrected chi connectivity index (χ1v) is 9.71. The molecule has 0 aromatic rings. The summed E-state index contributed by atoms with van der Waals surface area (Å²) in [6.07, 6.45) is 0.960. The summed E-state index contributed by atoms with van der Waals surface area (Å²) in [7, 11) is 4.99. The Labute approximate surface area is 192 Å². The lowest BCUT2D eigenvalue weighted by Gasteiger charge is -2.34. The van der Waals surface area contributed by atoms with Crippen molar-refractivity contribution in [3.8, 4) is 0 Å². The molecule has 0 aliphatic rings. The number of amides is 2. The van der Waals surface area contributed by atoms with Crippen LogP contribution < -0.4 is 16.0 Å². The number of hydrogen-bond donors (Lipinski definition) is 3. The third kappa shape index (κ3) is 13.5. The first kappa shape index (κ1) is 29.9. The molecule has 0 heterocycles. The monoisotopic (exact) mass is 529 g/mol. The minimum absolute atomic E-state index is 0. The van der Waals surface area contributed by atoms with E-state index in [2.05, 4.69) is 20.9 Å². The van der Waals surface area contributed by atoms with Crippen LogP contribution in [0.15, 0.2) is 4.99 Å². The van der Waals surface area contributed by atoms with Gasteiger partial charge in [0.25, 0.3) is 0 Å². The standard InChI is InChI=1S/C19H39N5O4.HI/c1-9-19(10-2,23-17(26)28-18(3,4)5)14-22-16(20-11-12-27-8)21-13-15(25)24(6)7;/h9-14H2,1-8H3,(H,23,26)(H2,20,21,22);1H. The number of methoxy groups -OCH3 is 1. The van der Waals surface area contributed by atoms with Crippen LogP contribution in [0.1, 0.15) is 47.5 Å². The molecule has 9 nitrogen and oxygen atoms in total. The van der Waals surface area contributed by atoms with Gasteiger partial charge < -0.3 is 30.3 Å². The van der Waals surface area contributed by atoms with Gasteiger partial charge in [-0.05, 0) is 33.6 Å². The molecule has 0 spiro atoms. The van der Waals surface area contributed by atoms with Crippen molar-refractivity contribution in [3.05, 3.63) is 0 Å². The molecule has 0 saturated heterocycles.